The summed E-state index contributed by atoms with van der Waals surface area (Å²) < 4.78 is 17.0. The topological polar surface area (TPSA) is 67.0 Å². The van der Waals surface area contributed by atoms with Gasteiger partial charge in [0, 0.05) is 5.56 Å². The highest BCUT2D eigenvalue weighted by atomic mass is 127. The van der Waals surface area contributed by atoms with Gasteiger partial charge >= 0.3 is 0 Å². The van der Waals surface area contributed by atoms with Crippen molar-refractivity contribution in [3.05, 3.63) is 59.2 Å². The van der Waals surface area contributed by atoms with Crippen molar-refractivity contribution >= 4 is 22.6 Å². The predicted molar refractivity (Wildman–Crippen MR) is 132 cm³/mol. The van der Waals surface area contributed by atoms with Crippen LogP contribution in [0.15, 0.2) is 42.5 Å². The van der Waals surface area contributed by atoms with Crippen LogP contribution in [0, 0.1) is 0 Å². The summed E-state index contributed by atoms with van der Waals surface area (Å²) in [4.78, 5) is 0. The number of hydrazine groups is 1. The Morgan fingerprint density at radius 2 is 1.68 bits per heavy atom. The summed E-state index contributed by atoms with van der Waals surface area (Å²) in [7, 11) is 9.06. The lowest BCUT2D eigenvalue weighted by Crippen LogP contribution is -2.69. The van der Waals surface area contributed by atoms with E-state index < -0.39 is 9.52 Å². The molecule has 8 heteroatoms. The Morgan fingerprint density at radius 1 is 1.06 bits per heavy atom. The lowest BCUT2D eigenvalue weighted by molar-refractivity contribution is -0.0417. The lowest BCUT2D eigenvalue weighted by Gasteiger charge is -2.42. The fraction of sp³-hybridized carbons (Fsp3) is 0.478. The monoisotopic (exact) mass is 540 g/mol. The van der Waals surface area contributed by atoms with Crippen molar-refractivity contribution in [2.24, 2.45) is 0 Å². The van der Waals surface area contributed by atoms with E-state index in [9.17, 15) is 0 Å². The van der Waals surface area contributed by atoms with E-state index in [0.717, 1.165) is 17.5 Å². The van der Waals surface area contributed by atoms with E-state index in [4.69, 9.17) is 14.2 Å². The van der Waals surface area contributed by atoms with Gasteiger partial charge in [0.05, 0.1) is 20.8 Å². The maximum absolute atomic E-state index is 6.47. The number of benzene rings is 2. The van der Waals surface area contributed by atoms with Gasteiger partial charge in [0.1, 0.15) is 0 Å². The molecule has 31 heavy (non-hydrogen) atoms. The van der Waals surface area contributed by atoms with Gasteiger partial charge in [-0.1, -0.05) is 37.3 Å². The van der Waals surface area contributed by atoms with Crippen molar-refractivity contribution in [1.82, 2.24) is 21.1 Å². The molecule has 0 radical (unpaired) electrons. The number of methoxy groups -OCH3 is 2. The van der Waals surface area contributed by atoms with Crippen molar-refractivity contribution in [3.8, 4) is 11.5 Å². The third kappa shape index (κ3) is 4.42. The summed E-state index contributed by atoms with van der Waals surface area (Å²) in [6, 6.07) is 14.6. The molecule has 7 nitrogen and oxygen atoms in total. The van der Waals surface area contributed by atoms with Crippen LogP contribution in [0.1, 0.15) is 29.5 Å². The van der Waals surface area contributed by atoms with Gasteiger partial charge in [-0.25, -0.2) is 0 Å². The van der Waals surface area contributed by atoms with E-state index in [1.807, 2.05) is 33.3 Å². The molecular weight excluding hydrogens is 507 g/mol. The van der Waals surface area contributed by atoms with Gasteiger partial charge in [-0.05, 0) is 79.3 Å². The molecule has 2 aromatic rings. The van der Waals surface area contributed by atoms with Gasteiger partial charge < -0.3 is 14.2 Å². The molecule has 3 rings (SSSR count). The smallest absolute Gasteiger partial charge is 0.216 e. The Kier molecular flexibility index (Phi) is 7.82. The van der Waals surface area contributed by atoms with Gasteiger partial charge in [0.2, 0.25) is 3.73 Å². The summed E-state index contributed by atoms with van der Waals surface area (Å²) in [6.07, 6.45) is 0.902. The Bertz CT molecular complexity index is 879. The van der Waals surface area contributed by atoms with Crippen molar-refractivity contribution in [1.29, 1.82) is 0 Å². The molecule has 0 amide bonds. The van der Waals surface area contributed by atoms with E-state index in [0.29, 0.717) is 18.1 Å². The number of nitrogens with zero attached hydrogens (tertiary/aromatic N) is 1. The van der Waals surface area contributed by atoms with Gasteiger partial charge in [-0.2, -0.15) is 5.01 Å². The van der Waals surface area contributed by atoms with Crippen LogP contribution in [0.3, 0.4) is 0 Å². The predicted octanol–water partition coefficient (Wildman–Crippen LogP) is 3.15. The van der Waals surface area contributed by atoms with Gasteiger partial charge in [0.15, 0.2) is 17.3 Å². The standard InChI is InChI=1S/C23H33IN4O3/c1-16(12-17-10-8-7-9-11-17)18-13-20(29-5)21(30-6)14-19(18)23(24)28(27-4)22(25-2,26-3)15-31-23/h7-11,13-14,16,25-27H,12,15H2,1-6H3. The molecule has 0 saturated carbocycles. The number of hydrogen-bond acceptors (Lipinski definition) is 7. The molecule has 1 saturated heterocycles. The summed E-state index contributed by atoms with van der Waals surface area (Å²) in [5, 5.41) is 8.79. The van der Waals surface area contributed by atoms with Crippen molar-refractivity contribution in [3.63, 3.8) is 0 Å². The fourth-order valence-corrected chi connectivity index (χ4v) is 5.52. The number of halogens is 1. The summed E-state index contributed by atoms with van der Waals surface area (Å²) in [5.41, 5.74) is 6.80. The van der Waals surface area contributed by atoms with Crippen molar-refractivity contribution < 1.29 is 14.2 Å². The first-order valence-electron chi connectivity index (χ1n) is 10.4. The maximum atomic E-state index is 6.47. The van der Waals surface area contributed by atoms with Crippen LogP contribution in [0.25, 0.3) is 0 Å². The molecule has 1 heterocycles. The zero-order valence-electron chi connectivity index (χ0n) is 19.1. The van der Waals surface area contributed by atoms with Crippen LogP contribution in [-0.2, 0) is 14.9 Å². The molecule has 1 aliphatic rings. The van der Waals surface area contributed by atoms with Crippen LogP contribution in [0.4, 0.5) is 0 Å². The first-order chi connectivity index (χ1) is 14.9. The number of alkyl halides is 1. The molecule has 0 aromatic heterocycles. The summed E-state index contributed by atoms with van der Waals surface area (Å²) >= 11 is 2.38. The Hall–Kier alpha value is -1.43. The van der Waals surface area contributed by atoms with Gasteiger partial charge in [-0.15, -0.1) is 0 Å². The summed E-state index contributed by atoms with van der Waals surface area (Å²) in [5.74, 6) is 1.05. The third-order valence-corrected chi connectivity index (χ3v) is 7.37. The SMILES string of the molecule is CNN1C(NC)(NC)COC1(I)c1cc(OC)c(OC)cc1C(C)Cc1ccccc1. The molecule has 2 aromatic carbocycles. The molecule has 170 valence electrons. The number of rotatable bonds is 9. The fourth-order valence-electron chi connectivity index (χ4n) is 4.25. The molecule has 0 aliphatic carbocycles. The van der Waals surface area contributed by atoms with E-state index in [-0.39, 0.29) is 5.92 Å². The third-order valence-electron chi connectivity index (χ3n) is 6.00. The van der Waals surface area contributed by atoms with Crippen LogP contribution in [0.5, 0.6) is 11.5 Å². The number of hydrogen-bond donors (Lipinski definition) is 3. The normalized spacial score (nSPS) is 21.8. The Balaban J connectivity index is 2.14. The zero-order chi connectivity index (χ0) is 22.6. The summed E-state index contributed by atoms with van der Waals surface area (Å²) in [6.45, 7) is 2.68. The number of nitrogens with one attached hydrogen (secondary N) is 3. The quantitative estimate of drug-likeness (QED) is 0.196. The van der Waals surface area contributed by atoms with Crippen LogP contribution < -0.4 is 25.5 Å². The van der Waals surface area contributed by atoms with Crippen LogP contribution in [0.2, 0.25) is 0 Å². The second kappa shape index (κ2) is 10.0. The minimum absolute atomic E-state index is 0.227. The first-order valence-corrected chi connectivity index (χ1v) is 11.5. The van der Waals surface area contributed by atoms with E-state index in [1.165, 1.54) is 5.56 Å². The molecule has 2 unspecified atom stereocenters. The van der Waals surface area contributed by atoms with Gasteiger partial charge in [-0.3, -0.25) is 16.1 Å². The van der Waals surface area contributed by atoms with Crippen LogP contribution in [-0.4, -0.2) is 52.8 Å². The van der Waals surface area contributed by atoms with Crippen molar-refractivity contribution in [2.45, 2.75) is 28.8 Å². The minimum atomic E-state index is -0.779. The number of ether oxygens (including phenoxy) is 3. The molecular formula is C23H33IN4O3. The number of likely N-dealkylation sites (N-methyl/N-ethyl adjacent to an activating group) is 2. The van der Waals surface area contributed by atoms with E-state index >= 15 is 0 Å². The molecule has 3 N–H and O–H groups in total. The molecule has 1 aliphatic heterocycles. The second-order valence-corrected chi connectivity index (χ2v) is 9.12. The highest BCUT2D eigenvalue weighted by Crippen LogP contribution is 2.49. The average Bonchev–Trinajstić information content (AvgIpc) is 3.11. The van der Waals surface area contributed by atoms with Gasteiger partial charge in [0.25, 0.3) is 0 Å². The van der Waals surface area contributed by atoms with Crippen LogP contribution >= 0.6 is 22.6 Å². The highest BCUT2D eigenvalue weighted by molar-refractivity contribution is 14.1. The Morgan fingerprint density at radius 3 is 2.23 bits per heavy atom. The first kappa shape index (κ1) is 24.2. The van der Waals surface area contributed by atoms with E-state index in [1.54, 1.807) is 14.2 Å². The Labute approximate surface area is 198 Å². The maximum Gasteiger partial charge on any atom is 0.216 e. The van der Waals surface area contributed by atoms with Crippen molar-refractivity contribution in [2.75, 3.05) is 42.0 Å². The average molecular weight is 540 g/mol. The zero-order valence-corrected chi connectivity index (χ0v) is 21.2. The highest BCUT2D eigenvalue weighted by Gasteiger charge is 2.56. The molecule has 0 spiro atoms. The lowest BCUT2D eigenvalue weighted by atomic mass is 9.89. The molecule has 2 atom stereocenters. The largest absolute Gasteiger partial charge is 0.493 e. The van der Waals surface area contributed by atoms with E-state index in [2.05, 4.69) is 80.9 Å². The molecule has 1 fully saturated rings. The second-order valence-electron chi connectivity index (χ2n) is 7.65. The molecule has 0 bridgehead atoms. The minimum Gasteiger partial charge on any atom is -0.493 e.